The predicted molar refractivity (Wildman–Crippen MR) is 132 cm³/mol. The van der Waals surface area contributed by atoms with Gasteiger partial charge in [-0.3, -0.25) is 4.79 Å². The molecule has 0 atom stereocenters. The number of carbonyl (C=O) groups excluding carboxylic acids is 1. The van der Waals surface area contributed by atoms with Gasteiger partial charge in [0.25, 0.3) is 0 Å². The molecule has 0 unspecified atom stereocenters. The van der Waals surface area contributed by atoms with Crippen LogP contribution in [0.4, 0.5) is 17.5 Å². The average Bonchev–Trinajstić information content (AvgIpc) is 2.85. The van der Waals surface area contributed by atoms with Gasteiger partial charge in [-0.2, -0.15) is 0 Å². The normalized spacial score (nSPS) is 14.3. The van der Waals surface area contributed by atoms with E-state index in [4.69, 9.17) is 0 Å². The van der Waals surface area contributed by atoms with Gasteiger partial charge in [0.05, 0.1) is 34.6 Å². The summed E-state index contributed by atoms with van der Waals surface area (Å²) in [5.41, 5.74) is 1.24. The number of nitrogens with zero attached hydrogens (tertiary/aromatic N) is 5. The van der Waals surface area contributed by atoms with E-state index in [9.17, 15) is 13.2 Å². The Balaban J connectivity index is 1.29. The Labute approximate surface area is 199 Å². The lowest BCUT2D eigenvalue weighted by Crippen LogP contribution is -2.47. The van der Waals surface area contributed by atoms with Gasteiger partial charge in [-0.05, 0) is 43.7 Å². The lowest BCUT2D eigenvalue weighted by molar-refractivity contribution is -0.115. The van der Waals surface area contributed by atoms with Crippen molar-refractivity contribution in [2.75, 3.05) is 41.3 Å². The van der Waals surface area contributed by atoms with Crippen molar-refractivity contribution in [3.63, 3.8) is 0 Å². The van der Waals surface area contributed by atoms with Crippen molar-refractivity contribution in [2.45, 2.75) is 30.4 Å². The number of benzene rings is 1. The van der Waals surface area contributed by atoms with Gasteiger partial charge in [-0.25, -0.2) is 23.4 Å². The Bertz CT molecular complexity index is 1210. The number of hydrogen-bond acceptors (Lipinski definition) is 8. The standard InChI is InChI=1S/C24H28N6O3S/c1-18(2)34(32,33)21-8-6-19(7-9-21)15-23(31)28-20-16-26-24(27-17-20)30-13-11-29(12-14-30)22-5-3-4-10-25-22/h3-10,16-18H,11-15H2,1-2H3,(H,28,31). The minimum atomic E-state index is -3.33. The Morgan fingerprint density at radius 2 is 1.59 bits per heavy atom. The van der Waals surface area contributed by atoms with E-state index >= 15 is 0 Å². The lowest BCUT2D eigenvalue weighted by Gasteiger charge is -2.35. The molecule has 10 heteroatoms. The molecule has 3 heterocycles. The SMILES string of the molecule is CC(C)S(=O)(=O)c1ccc(CC(=O)Nc2cnc(N3CCN(c4ccccn4)CC3)nc2)cc1. The molecule has 0 aliphatic carbocycles. The van der Waals surface area contributed by atoms with Gasteiger partial charge in [0.2, 0.25) is 11.9 Å². The van der Waals surface area contributed by atoms with Crippen LogP contribution in [0.5, 0.6) is 0 Å². The second-order valence-electron chi connectivity index (χ2n) is 8.40. The molecule has 0 bridgehead atoms. The summed E-state index contributed by atoms with van der Waals surface area (Å²) >= 11 is 0. The fraction of sp³-hybridized carbons (Fsp3) is 0.333. The van der Waals surface area contributed by atoms with Crippen LogP contribution in [-0.2, 0) is 21.1 Å². The van der Waals surface area contributed by atoms with Crippen LogP contribution in [0.15, 0.2) is 66.0 Å². The van der Waals surface area contributed by atoms with Crippen molar-refractivity contribution in [1.29, 1.82) is 0 Å². The third kappa shape index (κ3) is 5.51. The summed E-state index contributed by atoms with van der Waals surface area (Å²) in [6.45, 7) is 6.51. The summed E-state index contributed by atoms with van der Waals surface area (Å²) in [7, 11) is -3.33. The van der Waals surface area contributed by atoms with Crippen LogP contribution < -0.4 is 15.1 Å². The molecule has 34 heavy (non-hydrogen) atoms. The summed E-state index contributed by atoms with van der Waals surface area (Å²) in [4.78, 5) is 30.3. The van der Waals surface area contributed by atoms with Gasteiger partial charge in [0.15, 0.2) is 9.84 Å². The molecule has 0 saturated carbocycles. The molecule has 1 aromatic carbocycles. The van der Waals surface area contributed by atoms with Crippen LogP contribution in [0.1, 0.15) is 19.4 Å². The summed E-state index contributed by atoms with van der Waals surface area (Å²) in [6, 6.07) is 12.3. The van der Waals surface area contributed by atoms with E-state index in [1.54, 1.807) is 56.7 Å². The molecule has 9 nitrogen and oxygen atoms in total. The highest BCUT2D eigenvalue weighted by Crippen LogP contribution is 2.18. The number of carbonyl (C=O) groups is 1. The third-order valence-electron chi connectivity index (χ3n) is 5.69. The Morgan fingerprint density at radius 3 is 2.18 bits per heavy atom. The number of rotatable bonds is 7. The number of amides is 1. The largest absolute Gasteiger partial charge is 0.353 e. The summed E-state index contributed by atoms with van der Waals surface area (Å²) in [5.74, 6) is 1.37. The molecular formula is C24H28N6O3S. The van der Waals surface area contributed by atoms with E-state index in [-0.39, 0.29) is 17.2 Å². The molecule has 1 aliphatic heterocycles. The fourth-order valence-corrected chi connectivity index (χ4v) is 4.74. The van der Waals surface area contributed by atoms with Crippen LogP contribution in [0, 0.1) is 0 Å². The fourth-order valence-electron chi connectivity index (χ4n) is 3.69. The van der Waals surface area contributed by atoms with Gasteiger partial charge in [-0.15, -0.1) is 0 Å². The van der Waals surface area contributed by atoms with E-state index in [1.807, 2.05) is 18.2 Å². The number of nitrogens with one attached hydrogen (secondary N) is 1. The Hall–Kier alpha value is -3.53. The Kier molecular flexibility index (Phi) is 7.06. The molecule has 1 fully saturated rings. The van der Waals surface area contributed by atoms with E-state index in [1.165, 1.54) is 0 Å². The van der Waals surface area contributed by atoms with E-state index in [2.05, 4.69) is 30.1 Å². The summed E-state index contributed by atoms with van der Waals surface area (Å²) in [6.07, 6.45) is 5.12. The van der Waals surface area contributed by atoms with E-state index in [0.29, 0.717) is 11.6 Å². The first-order chi connectivity index (χ1) is 16.3. The molecular weight excluding hydrogens is 452 g/mol. The maximum absolute atomic E-state index is 12.4. The van der Waals surface area contributed by atoms with Crippen LogP contribution in [-0.4, -0.2) is 60.7 Å². The molecule has 178 valence electrons. The summed E-state index contributed by atoms with van der Waals surface area (Å²) < 4.78 is 24.5. The van der Waals surface area contributed by atoms with E-state index in [0.717, 1.165) is 37.6 Å². The number of anilines is 3. The lowest BCUT2D eigenvalue weighted by atomic mass is 10.1. The predicted octanol–water partition coefficient (Wildman–Crippen LogP) is 2.56. The number of sulfone groups is 1. The second kappa shape index (κ2) is 10.2. The smallest absolute Gasteiger partial charge is 0.228 e. The first kappa shape index (κ1) is 23.6. The molecule has 1 N–H and O–H groups in total. The van der Waals surface area contributed by atoms with Gasteiger partial charge in [-0.1, -0.05) is 18.2 Å². The highest BCUT2D eigenvalue weighted by atomic mass is 32.2. The highest BCUT2D eigenvalue weighted by molar-refractivity contribution is 7.92. The average molecular weight is 481 g/mol. The first-order valence-electron chi connectivity index (χ1n) is 11.2. The summed E-state index contributed by atoms with van der Waals surface area (Å²) in [5, 5.41) is 2.30. The zero-order valence-electron chi connectivity index (χ0n) is 19.3. The minimum Gasteiger partial charge on any atom is -0.353 e. The monoisotopic (exact) mass is 480 g/mol. The topological polar surface area (TPSA) is 108 Å². The van der Waals surface area contributed by atoms with E-state index < -0.39 is 15.1 Å². The van der Waals surface area contributed by atoms with Crippen LogP contribution in [0.25, 0.3) is 0 Å². The van der Waals surface area contributed by atoms with Gasteiger partial charge >= 0.3 is 0 Å². The van der Waals surface area contributed by atoms with Crippen LogP contribution >= 0.6 is 0 Å². The molecule has 1 saturated heterocycles. The molecule has 3 aromatic rings. The molecule has 1 aliphatic rings. The number of aromatic nitrogens is 3. The third-order valence-corrected chi connectivity index (χ3v) is 7.87. The van der Waals surface area contributed by atoms with Crippen molar-refractivity contribution < 1.29 is 13.2 Å². The van der Waals surface area contributed by atoms with Gasteiger partial charge in [0.1, 0.15) is 5.82 Å². The number of piperazine rings is 1. The van der Waals surface area contributed by atoms with Gasteiger partial charge < -0.3 is 15.1 Å². The van der Waals surface area contributed by atoms with Crippen molar-refractivity contribution in [3.8, 4) is 0 Å². The number of pyridine rings is 1. The molecule has 2 aromatic heterocycles. The molecule has 1 amide bonds. The highest BCUT2D eigenvalue weighted by Gasteiger charge is 2.20. The number of hydrogen-bond donors (Lipinski definition) is 1. The van der Waals surface area contributed by atoms with Crippen molar-refractivity contribution in [1.82, 2.24) is 15.0 Å². The molecule has 0 radical (unpaired) electrons. The van der Waals surface area contributed by atoms with Crippen LogP contribution in [0.3, 0.4) is 0 Å². The first-order valence-corrected chi connectivity index (χ1v) is 12.7. The molecule has 4 rings (SSSR count). The Morgan fingerprint density at radius 1 is 0.941 bits per heavy atom. The zero-order chi connectivity index (χ0) is 24.1. The minimum absolute atomic E-state index is 0.124. The second-order valence-corrected chi connectivity index (χ2v) is 10.9. The molecule has 0 spiro atoms. The van der Waals surface area contributed by atoms with Crippen molar-refractivity contribution in [3.05, 3.63) is 66.6 Å². The van der Waals surface area contributed by atoms with Crippen molar-refractivity contribution in [2.24, 2.45) is 0 Å². The zero-order valence-corrected chi connectivity index (χ0v) is 20.1. The van der Waals surface area contributed by atoms with Gasteiger partial charge in [0, 0.05) is 32.4 Å². The van der Waals surface area contributed by atoms with Crippen LogP contribution in [0.2, 0.25) is 0 Å². The maximum Gasteiger partial charge on any atom is 0.228 e. The maximum atomic E-state index is 12.4. The van der Waals surface area contributed by atoms with Crippen molar-refractivity contribution >= 4 is 33.2 Å². The quantitative estimate of drug-likeness (QED) is 0.550.